The highest BCUT2D eigenvalue weighted by atomic mass is 16.5. The highest BCUT2D eigenvalue weighted by Gasteiger charge is 2.41. The second kappa shape index (κ2) is 4.10. The number of carbonyl (C=O) groups excluding carboxylic acids is 1. The van der Waals surface area contributed by atoms with Crippen LogP contribution in [0.4, 0.5) is 0 Å². The normalized spacial score (nSPS) is 30.8. The summed E-state index contributed by atoms with van der Waals surface area (Å²) in [5.74, 6) is 0.756. The van der Waals surface area contributed by atoms with E-state index >= 15 is 0 Å². The van der Waals surface area contributed by atoms with E-state index in [2.05, 4.69) is 20.5 Å². The zero-order valence-corrected chi connectivity index (χ0v) is 9.77. The van der Waals surface area contributed by atoms with E-state index in [1.807, 2.05) is 6.92 Å². The zero-order valence-electron chi connectivity index (χ0n) is 9.77. The molecule has 2 aliphatic heterocycles. The number of aromatic amines is 1. The Kier molecular flexibility index (Phi) is 2.58. The first-order chi connectivity index (χ1) is 8.26. The van der Waals surface area contributed by atoms with Gasteiger partial charge in [0.25, 0.3) is 5.91 Å². The minimum atomic E-state index is -0.206. The van der Waals surface area contributed by atoms with Gasteiger partial charge in [-0.3, -0.25) is 9.89 Å². The molecule has 0 radical (unpaired) electrons. The second-order valence-corrected chi connectivity index (χ2v) is 4.65. The third-order valence-corrected chi connectivity index (χ3v) is 3.49. The number of H-pyrrole nitrogens is 1. The smallest absolute Gasteiger partial charge is 0.291 e. The van der Waals surface area contributed by atoms with Gasteiger partial charge in [-0.1, -0.05) is 6.92 Å². The number of aryl methyl sites for hydroxylation is 1. The molecule has 3 atom stereocenters. The number of nitrogens with zero attached hydrogens (tertiary/aromatic N) is 2. The summed E-state index contributed by atoms with van der Waals surface area (Å²) in [7, 11) is 0. The lowest BCUT2D eigenvalue weighted by atomic mass is 9.95. The van der Waals surface area contributed by atoms with E-state index in [0.29, 0.717) is 6.10 Å². The van der Waals surface area contributed by atoms with Crippen molar-refractivity contribution >= 4 is 5.91 Å². The first-order valence-corrected chi connectivity index (χ1v) is 6.14. The summed E-state index contributed by atoms with van der Waals surface area (Å²) in [6.07, 6.45) is 4.36. The van der Waals surface area contributed by atoms with Crippen molar-refractivity contribution < 1.29 is 9.53 Å². The third kappa shape index (κ3) is 1.93. The molecule has 6 heteroatoms. The molecule has 2 fully saturated rings. The van der Waals surface area contributed by atoms with Crippen LogP contribution in [0.15, 0.2) is 0 Å². The minimum Gasteiger partial charge on any atom is -0.373 e. The Balaban J connectivity index is 1.63. The Morgan fingerprint density at radius 1 is 1.59 bits per heavy atom. The van der Waals surface area contributed by atoms with E-state index in [-0.39, 0.29) is 23.9 Å². The summed E-state index contributed by atoms with van der Waals surface area (Å²) < 4.78 is 5.68. The third-order valence-electron chi connectivity index (χ3n) is 3.49. The van der Waals surface area contributed by atoms with E-state index < -0.39 is 0 Å². The molecule has 2 aliphatic rings. The van der Waals surface area contributed by atoms with Gasteiger partial charge >= 0.3 is 0 Å². The van der Waals surface area contributed by atoms with Gasteiger partial charge in [0.05, 0.1) is 18.2 Å². The van der Waals surface area contributed by atoms with Gasteiger partial charge in [-0.15, -0.1) is 5.10 Å². The molecule has 3 heterocycles. The quantitative estimate of drug-likeness (QED) is 0.797. The van der Waals surface area contributed by atoms with Crippen molar-refractivity contribution in [3.63, 3.8) is 0 Å². The van der Waals surface area contributed by atoms with Gasteiger partial charge in [0, 0.05) is 6.42 Å². The van der Waals surface area contributed by atoms with Gasteiger partial charge in [-0.05, 0) is 19.3 Å². The van der Waals surface area contributed by atoms with E-state index in [0.717, 1.165) is 31.5 Å². The van der Waals surface area contributed by atoms with Crippen LogP contribution in [0.2, 0.25) is 0 Å². The topological polar surface area (TPSA) is 79.9 Å². The van der Waals surface area contributed by atoms with Crippen LogP contribution in [0.5, 0.6) is 0 Å². The first kappa shape index (κ1) is 10.7. The largest absolute Gasteiger partial charge is 0.373 e. The molecule has 0 saturated carbocycles. The van der Waals surface area contributed by atoms with E-state index in [9.17, 15) is 4.79 Å². The number of fused-ring (bicyclic) bond motifs is 2. The molecule has 2 saturated heterocycles. The molecule has 3 unspecified atom stereocenters. The Morgan fingerprint density at radius 2 is 2.47 bits per heavy atom. The molecule has 92 valence electrons. The Labute approximate surface area is 99.1 Å². The molecule has 6 nitrogen and oxygen atoms in total. The first-order valence-electron chi connectivity index (χ1n) is 6.14. The van der Waals surface area contributed by atoms with E-state index in [4.69, 9.17) is 4.74 Å². The highest BCUT2D eigenvalue weighted by molar-refractivity contribution is 5.90. The predicted octanol–water partition coefficient (Wildman–Crippen LogP) is 0.417. The SMILES string of the molecule is CCc1nc(C(=O)NC2CC3CCC2O3)n[nH]1. The molecule has 0 aromatic carbocycles. The Morgan fingerprint density at radius 3 is 3.06 bits per heavy atom. The van der Waals surface area contributed by atoms with Gasteiger partial charge in [-0.2, -0.15) is 0 Å². The molecule has 1 aromatic rings. The Hall–Kier alpha value is -1.43. The van der Waals surface area contributed by atoms with Gasteiger partial charge in [0.1, 0.15) is 5.82 Å². The summed E-state index contributed by atoms with van der Waals surface area (Å²) in [5.41, 5.74) is 0. The molecule has 2 N–H and O–H groups in total. The van der Waals surface area contributed by atoms with E-state index in [1.165, 1.54) is 0 Å². The predicted molar refractivity (Wildman–Crippen MR) is 59.5 cm³/mol. The number of aromatic nitrogens is 3. The van der Waals surface area contributed by atoms with Crippen LogP contribution in [0.3, 0.4) is 0 Å². The monoisotopic (exact) mass is 236 g/mol. The molecule has 1 amide bonds. The van der Waals surface area contributed by atoms with Crippen molar-refractivity contribution in [2.75, 3.05) is 0 Å². The number of rotatable bonds is 3. The van der Waals surface area contributed by atoms with Crippen molar-refractivity contribution in [3.8, 4) is 0 Å². The lowest BCUT2D eigenvalue weighted by molar-refractivity contribution is 0.0834. The van der Waals surface area contributed by atoms with Crippen LogP contribution in [-0.2, 0) is 11.2 Å². The van der Waals surface area contributed by atoms with Crippen molar-refractivity contribution in [1.29, 1.82) is 0 Å². The summed E-state index contributed by atoms with van der Waals surface area (Å²) >= 11 is 0. The average Bonchev–Trinajstić information content (AvgIpc) is 3.04. The molecule has 3 rings (SSSR count). The average molecular weight is 236 g/mol. The zero-order chi connectivity index (χ0) is 11.8. The maximum absolute atomic E-state index is 11.9. The molecule has 2 bridgehead atoms. The standard InChI is InChI=1S/C11H16N4O2/c1-2-9-13-10(15-14-9)11(16)12-7-5-6-3-4-8(7)17-6/h6-8H,2-5H2,1H3,(H,12,16)(H,13,14,15). The van der Waals surface area contributed by atoms with Crippen LogP contribution in [0, 0.1) is 0 Å². The molecule has 1 aromatic heterocycles. The summed E-state index contributed by atoms with van der Waals surface area (Å²) in [6.45, 7) is 1.96. The Bertz CT molecular complexity index is 431. The molecular weight excluding hydrogens is 220 g/mol. The number of carbonyl (C=O) groups is 1. The number of hydrogen-bond donors (Lipinski definition) is 2. The fourth-order valence-corrected chi connectivity index (χ4v) is 2.58. The van der Waals surface area contributed by atoms with E-state index in [1.54, 1.807) is 0 Å². The maximum atomic E-state index is 11.9. The fourth-order valence-electron chi connectivity index (χ4n) is 2.58. The fraction of sp³-hybridized carbons (Fsp3) is 0.727. The van der Waals surface area contributed by atoms with Crippen LogP contribution in [-0.4, -0.2) is 39.3 Å². The lowest BCUT2D eigenvalue weighted by Gasteiger charge is -2.18. The summed E-state index contributed by atoms with van der Waals surface area (Å²) in [4.78, 5) is 16.0. The maximum Gasteiger partial charge on any atom is 0.291 e. The van der Waals surface area contributed by atoms with Crippen LogP contribution in [0.25, 0.3) is 0 Å². The number of nitrogens with one attached hydrogen (secondary N) is 2. The van der Waals surface area contributed by atoms with Crippen LogP contribution in [0.1, 0.15) is 42.6 Å². The molecule has 0 spiro atoms. The van der Waals surface area contributed by atoms with Crippen molar-refractivity contribution in [3.05, 3.63) is 11.6 Å². The minimum absolute atomic E-state index is 0.129. The van der Waals surface area contributed by atoms with Crippen molar-refractivity contribution in [1.82, 2.24) is 20.5 Å². The van der Waals surface area contributed by atoms with Gasteiger partial charge in [0.15, 0.2) is 0 Å². The summed E-state index contributed by atoms with van der Waals surface area (Å²) in [5, 5.41) is 9.60. The summed E-state index contributed by atoms with van der Waals surface area (Å²) in [6, 6.07) is 0.129. The molecule has 17 heavy (non-hydrogen) atoms. The van der Waals surface area contributed by atoms with Crippen molar-refractivity contribution in [2.45, 2.75) is 50.9 Å². The van der Waals surface area contributed by atoms with Gasteiger partial charge in [0.2, 0.25) is 5.82 Å². The number of hydrogen-bond acceptors (Lipinski definition) is 4. The lowest BCUT2D eigenvalue weighted by Crippen LogP contribution is -2.41. The molecule has 0 aliphatic carbocycles. The van der Waals surface area contributed by atoms with Gasteiger partial charge < -0.3 is 10.1 Å². The second-order valence-electron chi connectivity index (χ2n) is 4.65. The van der Waals surface area contributed by atoms with Gasteiger partial charge in [-0.25, -0.2) is 4.98 Å². The highest BCUT2D eigenvalue weighted by Crippen LogP contribution is 2.34. The van der Waals surface area contributed by atoms with Crippen LogP contribution < -0.4 is 5.32 Å². The number of amides is 1. The number of ether oxygens (including phenoxy) is 1. The van der Waals surface area contributed by atoms with Crippen LogP contribution >= 0.6 is 0 Å². The van der Waals surface area contributed by atoms with Crippen molar-refractivity contribution in [2.24, 2.45) is 0 Å². The molecular formula is C11H16N4O2.